The summed E-state index contributed by atoms with van der Waals surface area (Å²) in [4.78, 5) is 102. The maximum Gasteiger partial charge on any atom is 0.355 e. The summed E-state index contributed by atoms with van der Waals surface area (Å²) >= 11 is 4.27. The van der Waals surface area contributed by atoms with Gasteiger partial charge in [0.2, 0.25) is 23.6 Å². The van der Waals surface area contributed by atoms with E-state index < -0.39 is 47.2 Å². The van der Waals surface area contributed by atoms with Crippen LogP contribution in [0.15, 0.2) is 96.6 Å². The number of fused-ring (bicyclic) bond motifs is 2. The van der Waals surface area contributed by atoms with Gasteiger partial charge in [-0.05, 0) is 96.7 Å². The van der Waals surface area contributed by atoms with Crippen molar-refractivity contribution >= 4 is 90.0 Å². The fraction of sp³-hybridized carbons (Fsp3) is 0.431. The normalized spacial score (nSPS) is 15.8. The Labute approximate surface area is 596 Å². The first kappa shape index (κ1) is 73.1. The molecule has 5 amide bonds. The number of amides is 5. The van der Waals surface area contributed by atoms with Crippen LogP contribution < -0.4 is 25.6 Å². The quantitative estimate of drug-likeness (QED) is 0.0212. The summed E-state index contributed by atoms with van der Waals surface area (Å²) in [6, 6.07) is 23.9. The lowest BCUT2D eigenvalue weighted by molar-refractivity contribution is -0.144. The number of nitrogens with zero attached hydrogens (tertiary/aromatic N) is 10. The van der Waals surface area contributed by atoms with Gasteiger partial charge >= 0.3 is 5.97 Å². The first-order valence-electron chi connectivity index (χ1n) is 33.6. The number of likely N-dealkylation sites (tertiary alicyclic amines) is 1. The fourth-order valence-corrected chi connectivity index (χ4v) is 14.9. The topological polar surface area (TPSA) is 298 Å². The van der Waals surface area contributed by atoms with E-state index in [9.17, 15) is 39.0 Å². The number of para-hydroxylation sites is 1. The number of benzene rings is 4. The zero-order valence-electron chi connectivity index (χ0n) is 56.8. The molecule has 3 aliphatic heterocycles. The van der Waals surface area contributed by atoms with Crippen molar-refractivity contribution in [2.24, 2.45) is 5.41 Å². The molecule has 101 heavy (non-hydrogen) atoms. The number of carboxylic acids is 1. The minimum Gasteiger partial charge on any atom is -0.491 e. The van der Waals surface area contributed by atoms with Crippen LogP contribution in [0.4, 0.5) is 14.7 Å². The lowest BCUT2D eigenvalue weighted by Gasteiger charge is -2.35. The summed E-state index contributed by atoms with van der Waals surface area (Å²) in [6.07, 6.45) is 3.32. The lowest BCUT2D eigenvalue weighted by atomic mass is 9.85. The van der Waals surface area contributed by atoms with Crippen molar-refractivity contribution in [1.29, 1.82) is 0 Å². The van der Waals surface area contributed by atoms with E-state index in [4.69, 9.17) is 18.9 Å². The molecule has 4 aromatic heterocycles. The molecule has 4 aromatic carbocycles. The predicted molar refractivity (Wildman–Crippen MR) is 380 cm³/mol. The Hall–Kier alpha value is -9.12. The number of halogens is 1. The number of carboxylic acid groups (broad SMARTS) is 1. The van der Waals surface area contributed by atoms with Crippen molar-refractivity contribution in [3.8, 4) is 28.0 Å². The number of hydrogen-bond donors (Lipinski definition) is 5. The third kappa shape index (κ3) is 19.7. The van der Waals surface area contributed by atoms with Crippen LogP contribution in [-0.4, -0.2) is 194 Å². The van der Waals surface area contributed by atoms with E-state index in [0.717, 1.165) is 43.0 Å². The first-order valence-corrected chi connectivity index (χ1v) is 36.2. The highest BCUT2D eigenvalue weighted by atomic mass is 32.1. The molecular formula is C72H82FN13O12S3. The zero-order chi connectivity index (χ0) is 71.0. The number of carbonyl (C=O) groups is 6. The summed E-state index contributed by atoms with van der Waals surface area (Å²) in [5.41, 5.74) is 8.28. The number of nitrogens with one attached hydrogen (secondary N) is 3. The van der Waals surface area contributed by atoms with Gasteiger partial charge in [-0.3, -0.25) is 38.9 Å². The standard InChI is InChI=1S/C72H82FN13O12S3/c1-46-64(99-45-75-46)50-21-18-48(19-22-50)39-74-67(91)57-38-52(87)41-86(57)68(92)65(72(2,3)4)77-61(88)44-97-36-34-95-33-35-96-43-51-40-85(81-80-51)26-9-17-62(89)83-30-28-82(29-31-83)25-8-11-47-20-23-58(55(73)37-47)98-32-10-16-60-63(69(93)94)78-71(101-60)84-27-24-49-12-7-13-53(54(49)42-84)66(90)79-70-76-56-14-5-6-15-59(56)100-70/h5-7,12-15,18-23,37,40,45,52,57,65,87H,9-10,16-17,24-36,38-39,41-44H2,1-4H3,(H,74,91)(H,77,88)(H,93,94)(H,76,79,90)/t52-,57+,65-/m1/s1. The van der Waals surface area contributed by atoms with Gasteiger partial charge in [0, 0.05) is 87.7 Å². The van der Waals surface area contributed by atoms with E-state index in [1.54, 1.807) is 45.9 Å². The highest BCUT2D eigenvalue weighted by Crippen LogP contribution is 2.35. The molecule has 2 fully saturated rings. The molecule has 29 heteroatoms. The number of ether oxygens (including phenoxy) is 4. The summed E-state index contributed by atoms with van der Waals surface area (Å²) in [7, 11) is 0. The van der Waals surface area contributed by atoms with Gasteiger partial charge in [-0.1, -0.05) is 97.7 Å². The number of rotatable bonds is 30. The summed E-state index contributed by atoms with van der Waals surface area (Å²) in [5.74, 6) is 2.98. The molecular weight excluding hydrogens is 1350 g/mol. The predicted octanol–water partition coefficient (Wildman–Crippen LogP) is 7.78. The second kappa shape index (κ2) is 34.5. The smallest absolute Gasteiger partial charge is 0.355 e. The van der Waals surface area contributed by atoms with Crippen molar-refractivity contribution < 1.29 is 62.3 Å². The van der Waals surface area contributed by atoms with Crippen molar-refractivity contribution in [3.05, 3.63) is 152 Å². The molecule has 11 rings (SSSR count). The van der Waals surface area contributed by atoms with Crippen molar-refractivity contribution in [3.63, 3.8) is 0 Å². The van der Waals surface area contributed by atoms with Crippen LogP contribution in [0.5, 0.6) is 5.75 Å². The van der Waals surface area contributed by atoms with Crippen LogP contribution in [0.2, 0.25) is 0 Å². The molecule has 25 nitrogen and oxygen atoms in total. The molecule has 0 aliphatic carbocycles. The number of anilines is 2. The molecule has 0 bridgehead atoms. The third-order valence-corrected chi connectivity index (χ3v) is 20.6. The maximum atomic E-state index is 15.3. The summed E-state index contributed by atoms with van der Waals surface area (Å²) in [5, 5.41) is 38.8. The maximum absolute atomic E-state index is 15.3. The van der Waals surface area contributed by atoms with Crippen LogP contribution in [0.25, 0.3) is 20.7 Å². The minimum atomic E-state index is -1.14. The Balaban J connectivity index is 0.519. The molecule has 532 valence electrons. The van der Waals surface area contributed by atoms with Crippen molar-refractivity contribution in [2.75, 3.05) is 95.7 Å². The van der Waals surface area contributed by atoms with E-state index in [1.807, 2.05) is 98.2 Å². The third-order valence-electron chi connectivity index (χ3n) is 17.5. The number of aromatic carboxylic acids is 1. The summed E-state index contributed by atoms with van der Waals surface area (Å²) in [6.45, 7) is 12.9. The number of carbonyl (C=O) groups excluding carboxylic acids is 5. The second-order valence-corrected chi connectivity index (χ2v) is 28.9. The SMILES string of the molecule is Cc1ncsc1-c1ccc(CNC(=O)[C@@H]2C[C@@H](O)CN2C(=O)[C@@H](NC(=O)COCCOCCOCc2cn(CCCC(=O)N3CCN(CC#Cc4ccc(OCCCc5sc(N6CCc7cccc(C(=O)Nc8nc9ccccc9s8)c7C6)nc5C(=O)O)c(F)c4)CC3)nn2)C(C)(C)C)cc1. The minimum absolute atomic E-state index is 0.0326. The van der Waals surface area contributed by atoms with Crippen LogP contribution >= 0.6 is 34.0 Å². The van der Waals surface area contributed by atoms with Gasteiger partial charge in [-0.2, -0.15) is 0 Å². The van der Waals surface area contributed by atoms with Gasteiger partial charge in [0.1, 0.15) is 24.4 Å². The Morgan fingerprint density at radius 1 is 0.871 bits per heavy atom. The van der Waals surface area contributed by atoms with Crippen LogP contribution in [0, 0.1) is 30.0 Å². The Morgan fingerprint density at radius 2 is 1.66 bits per heavy atom. The average molecular weight is 1440 g/mol. The fourth-order valence-electron chi connectivity index (χ4n) is 12.1. The monoisotopic (exact) mass is 1440 g/mol. The molecule has 7 heterocycles. The van der Waals surface area contributed by atoms with Gasteiger partial charge in [0.15, 0.2) is 27.5 Å². The molecule has 2 saturated heterocycles. The van der Waals surface area contributed by atoms with E-state index in [1.165, 1.54) is 33.6 Å². The van der Waals surface area contributed by atoms with Crippen molar-refractivity contribution in [1.82, 2.24) is 55.3 Å². The number of piperazine rings is 1. The van der Waals surface area contributed by atoms with Gasteiger partial charge in [0.25, 0.3) is 5.91 Å². The number of thiazole rings is 3. The molecule has 5 N–H and O–H groups in total. The number of β-amino-alcohol motifs (C(OH)–C–C–N with tert-alkyl or cyclic N) is 1. The zero-order valence-corrected chi connectivity index (χ0v) is 59.2. The highest BCUT2D eigenvalue weighted by molar-refractivity contribution is 7.22. The average Bonchev–Trinajstić information content (AvgIpc) is 1.77. The Kier molecular flexibility index (Phi) is 25.0. The largest absolute Gasteiger partial charge is 0.491 e. The van der Waals surface area contributed by atoms with E-state index in [-0.39, 0.29) is 94.9 Å². The number of aryl methyl sites for hydroxylation is 3. The number of aliphatic hydroxyl groups is 1. The van der Waals surface area contributed by atoms with Gasteiger partial charge in [-0.25, -0.2) is 24.1 Å². The van der Waals surface area contributed by atoms with Crippen LogP contribution in [0.1, 0.15) is 106 Å². The first-order chi connectivity index (χ1) is 48.8. The molecule has 0 saturated carbocycles. The Bertz CT molecular complexity index is 4250. The van der Waals surface area contributed by atoms with Crippen LogP contribution in [-0.2, 0) is 72.5 Å². The molecule has 3 atom stereocenters. The molecule has 0 radical (unpaired) electrons. The number of aromatic nitrogens is 6. The number of hydrogen-bond acceptors (Lipinski definition) is 21. The van der Waals surface area contributed by atoms with Crippen LogP contribution in [0.3, 0.4) is 0 Å². The van der Waals surface area contributed by atoms with Gasteiger partial charge in [-0.15, -0.1) is 27.8 Å². The Morgan fingerprint density at radius 3 is 2.43 bits per heavy atom. The van der Waals surface area contributed by atoms with E-state index in [2.05, 4.69) is 58.0 Å². The van der Waals surface area contributed by atoms with Gasteiger partial charge < -0.3 is 54.5 Å². The molecule has 0 unspecified atom stereocenters. The molecule has 8 aromatic rings. The molecule has 0 spiro atoms. The second-order valence-electron chi connectivity index (χ2n) is 25.9. The molecule has 3 aliphatic rings. The van der Waals surface area contributed by atoms with E-state index in [0.29, 0.717) is 116 Å². The lowest BCUT2D eigenvalue weighted by Crippen LogP contribution is -2.58. The highest BCUT2D eigenvalue weighted by Gasteiger charge is 2.44. The van der Waals surface area contributed by atoms with E-state index >= 15 is 4.39 Å². The van der Waals surface area contributed by atoms with Gasteiger partial charge in [0.05, 0.1) is 84.8 Å². The number of aliphatic hydroxyl groups excluding tert-OH is 1. The summed E-state index contributed by atoms with van der Waals surface area (Å²) < 4.78 is 40.6. The van der Waals surface area contributed by atoms with Crippen molar-refractivity contribution in [2.45, 2.75) is 111 Å².